The molecule has 1 atom stereocenters. The first-order valence-electron chi connectivity index (χ1n) is 5.68. The Morgan fingerprint density at radius 1 is 1.33 bits per heavy atom. The number of nitrogens with one attached hydrogen (secondary N) is 1. The Balaban J connectivity index is 2.45. The first kappa shape index (κ1) is 13.1. The highest BCUT2D eigenvalue weighted by Crippen LogP contribution is 2.27. The van der Waals surface area contributed by atoms with E-state index in [4.69, 9.17) is 0 Å². The fourth-order valence-electron chi connectivity index (χ4n) is 1.83. The summed E-state index contributed by atoms with van der Waals surface area (Å²) in [4.78, 5) is 0. The molecular formula is C13H13BrFN3. The first-order valence-corrected chi connectivity index (χ1v) is 6.47. The fraction of sp³-hybridized carbons (Fsp3) is 0.231. The Kier molecular flexibility index (Phi) is 4.38. The molecule has 0 radical (unpaired) electrons. The van der Waals surface area contributed by atoms with Gasteiger partial charge in [-0.05, 0) is 40.2 Å². The molecule has 0 amide bonds. The van der Waals surface area contributed by atoms with Gasteiger partial charge < -0.3 is 5.32 Å². The summed E-state index contributed by atoms with van der Waals surface area (Å²) in [6, 6.07) is 6.89. The Morgan fingerprint density at radius 2 is 2.17 bits per heavy atom. The fourth-order valence-corrected chi connectivity index (χ4v) is 2.21. The van der Waals surface area contributed by atoms with E-state index in [0.717, 1.165) is 12.1 Å². The summed E-state index contributed by atoms with van der Waals surface area (Å²) in [6.45, 7) is 2.72. The van der Waals surface area contributed by atoms with Crippen molar-refractivity contribution in [2.45, 2.75) is 13.0 Å². The SMILES string of the molecule is CCNC(c1ccnnc1)c1cccc(Br)c1F. The predicted octanol–water partition coefficient (Wildman–Crippen LogP) is 3.08. The van der Waals surface area contributed by atoms with Gasteiger partial charge in [-0.1, -0.05) is 19.1 Å². The van der Waals surface area contributed by atoms with Crippen molar-refractivity contribution in [2.75, 3.05) is 6.54 Å². The average Bonchev–Trinajstić information content (AvgIpc) is 2.41. The van der Waals surface area contributed by atoms with Crippen molar-refractivity contribution in [3.63, 3.8) is 0 Å². The monoisotopic (exact) mass is 309 g/mol. The van der Waals surface area contributed by atoms with E-state index >= 15 is 0 Å². The topological polar surface area (TPSA) is 37.8 Å². The number of benzene rings is 1. The van der Waals surface area contributed by atoms with Crippen LogP contribution >= 0.6 is 15.9 Å². The zero-order chi connectivity index (χ0) is 13.0. The van der Waals surface area contributed by atoms with Crippen LogP contribution in [0.3, 0.4) is 0 Å². The average molecular weight is 310 g/mol. The minimum Gasteiger partial charge on any atom is -0.306 e. The standard InChI is InChI=1S/C13H13BrFN3/c1-2-16-13(9-6-7-17-18-8-9)10-4-3-5-11(14)12(10)15/h3-8,13,16H,2H2,1H3. The first-order chi connectivity index (χ1) is 8.74. The summed E-state index contributed by atoms with van der Waals surface area (Å²) in [5.74, 6) is -0.250. The lowest BCUT2D eigenvalue weighted by Gasteiger charge is -2.19. The van der Waals surface area contributed by atoms with E-state index < -0.39 is 0 Å². The van der Waals surface area contributed by atoms with Gasteiger partial charge in [0.2, 0.25) is 0 Å². The van der Waals surface area contributed by atoms with Crippen LogP contribution in [-0.4, -0.2) is 16.7 Å². The Bertz CT molecular complexity index is 519. The summed E-state index contributed by atoms with van der Waals surface area (Å²) in [5, 5.41) is 10.8. The van der Waals surface area contributed by atoms with E-state index in [1.165, 1.54) is 0 Å². The maximum Gasteiger partial charge on any atom is 0.142 e. The maximum absolute atomic E-state index is 14.1. The van der Waals surface area contributed by atoms with Gasteiger partial charge in [0, 0.05) is 11.8 Å². The molecule has 3 nitrogen and oxygen atoms in total. The normalized spacial score (nSPS) is 12.4. The van der Waals surface area contributed by atoms with Crippen LogP contribution in [0.15, 0.2) is 41.1 Å². The highest BCUT2D eigenvalue weighted by molar-refractivity contribution is 9.10. The molecule has 0 spiro atoms. The molecule has 1 N–H and O–H groups in total. The van der Waals surface area contributed by atoms with E-state index in [-0.39, 0.29) is 11.9 Å². The highest BCUT2D eigenvalue weighted by Gasteiger charge is 2.18. The van der Waals surface area contributed by atoms with E-state index in [0.29, 0.717) is 10.0 Å². The van der Waals surface area contributed by atoms with E-state index in [1.54, 1.807) is 24.5 Å². The molecule has 0 bridgehead atoms. The largest absolute Gasteiger partial charge is 0.306 e. The van der Waals surface area contributed by atoms with Gasteiger partial charge in [0.1, 0.15) is 5.82 Å². The van der Waals surface area contributed by atoms with Crippen LogP contribution in [0.1, 0.15) is 24.1 Å². The molecule has 0 fully saturated rings. The molecule has 94 valence electrons. The molecule has 5 heteroatoms. The molecule has 0 aliphatic rings. The lowest BCUT2D eigenvalue weighted by molar-refractivity contribution is 0.553. The number of aromatic nitrogens is 2. The third kappa shape index (κ3) is 2.73. The van der Waals surface area contributed by atoms with E-state index in [1.807, 2.05) is 19.1 Å². The minimum atomic E-state index is -0.250. The summed E-state index contributed by atoms with van der Waals surface area (Å²) >= 11 is 3.21. The Hall–Kier alpha value is -1.33. The van der Waals surface area contributed by atoms with Gasteiger partial charge in [0.05, 0.1) is 16.7 Å². The maximum atomic E-state index is 14.1. The van der Waals surface area contributed by atoms with Gasteiger partial charge in [0.25, 0.3) is 0 Å². The van der Waals surface area contributed by atoms with Gasteiger partial charge in [0.15, 0.2) is 0 Å². The lowest BCUT2D eigenvalue weighted by Crippen LogP contribution is -2.23. The third-order valence-corrected chi connectivity index (χ3v) is 3.25. The minimum absolute atomic E-state index is 0.219. The second-order valence-corrected chi connectivity index (χ2v) is 4.66. The second-order valence-electron chi connectivity index (χ2n) is 3.81. The number of hydrogen-bond acceptors (Lipinski definition) is 3. The molecule has 1 aromatic carbocycles. The van der Waals surface area contributed by atoms with Crippen LogP contribution in [0.25, 0.3) is 0 Å². The lowest BCUT2D eigenvalue weighted by atomic mass is 10.00. The number of rotatable bonds is 4. The molecule has 18 heavy (non-hydrogen) atoms. The zero-order valence-electron chi connectivity index (χ0n) is 9.90. The van der Waals surface area contributed by atoms with Crippen molar-refractivity contribution in [3.05, 3.63) is 58.1 Å². The molecule has 0 aliphatic carbocycles. The van der Waals surface area contributed by atoms with E-state index in [2.05, 4.69) is 31.4 Å². The molecular weight excluding hydrogens is 297 g/mol. The number of nitrogens with zero attached hydrogens (tertiary/aromatic N) is 2. The van der Waals surface area contributed by atoms with Crippen molar-refractivity contribution in [3.8, 4) is 0 Å². The third-order valence-electron chi connectivity index (χ3n) is 2.64. The van der Waals surface area contributed by atoms with Crippen molar-refractivity contribution >= 4 is 15.9 Å². The van der Waals surface area contributed by atoms with Gasteiger partial charge in [-0.25, -0.2) is 4.39 Å². The molecule has 0 aliphatic heterocycles. The van der Waals surface area contributed by atoms with Crippen LogP contribution in [0.5, 0.6) is 0 Å². The second kappa shape index (κ2) is 6.02. The summed E-state index contributed by atoms with van der Waals surface area (Å²) < 4.78 is 14.6. The molecule has 2 aromatic rings. The predicted molar refractivity (Wildman–Crippen MR) is 71.7 cm³/mol. The van der Waals surface area contributed by atoms with Crippen molar-refractivity contribution in [2.24, 2.45) is 0 Å². The Morgan fingerprint density at radius 3 is 2.83 bits per heavy atom. The van der Waals surface area contributed by atoms with Crippen LogP contribution in [0.4, 0.5) is 4.39 Å². The van der Waals surface area contributed by atoms with Crippen LogP contribution in [-0.2, 0) is 0 Å². The Labute approximate surface area is 114 Å². The molecule has 0 saturated carbocycles. The number of halogens is 2. The van der Waals surface area contributed by atoms with Crippen molar-refractivity contribution < 1.29 is 4.39 Å². The molecule has 1 heterocycles. The van der Waals surface area contributed by atoms with E-state index in [9.17, 15) is 4.39 Å². The zero-order valence-corrected chi connectivity index (χ0v) is 11.5. The molecule has 1 aromatic heterocycles. The van der Waals surface area contributed by atoms with Crippen molar-refractivity contribution in [1.82, 2.24) is 15.5 Å². The summed E-state index contributed by atoms with van der Waals surface area (Å²) in [7, 11) is 0. The number of hydrogen-bond donors (Lipinski definition) is 1. The van der Waals surface area contributed by atoms with Crippen LogP contribution < -0.4 is 5.32 Å². The van der Waals surface area contributed by atoms with Gasteiger partial charge in [-0.3, -0.25) is 0 Å². The molecule has 1 unspecified atom stereocenters. The molecule has 2 rings (SSSR count). The highest BCUT2D eigenvalue weighted by atomic mass is 79.9. The molecule has 0 saturated heterocycles. The van der Waals surface area contributed by atoms with Gasteiger partial charge >= 0.3 is 0 Å². The van der Waals surface area contributed by atoms with Crippen LogP contribution in [0.2, 0.25) is 0 Å². The van der Waals surface area contributed by atoms with Crippen LogP contribution in [0, 0.1) is 5.82 Å². The van der Waals surface area contributed by atoms with Gasteiger partial charge in [-0.2, -0.15) is 10.2 Å². The summed E-state index contributed by atoms with van der Waals surface area (Å²) in [5.41, 5.74) is 1.49. The van der Waals surface area contributed by atoms with Crippen molar-refractivity contribution in [1.29, 1.82) is 0 Å². The quantitative estimate of drug-likeness (QED) is 0.943. The van der Waals surface area contributed by atoms with Gasteiger partial charge in [-0.15, -0.1) is 0 Å². The smallest absolute Gasteiger partial charge is 0.142 e. The summed E-state index contributed by atoms with van der Waals surface area (Å²) in [6.07, 6.45) is 3.25.